The molecule has 1 aliphatic heterocycles. The number of thioether (sulfide) groups is 1. The fourth-order valence-corrected chi connectivity index (χ4v) is 3.41. The van der Waals surface area contributed by atoms with Gasteiger partial charge in [0.25, 0.3) is 0 Å². The Hall–Kier alpha value is -0.250. The van der Waals surface area contributed by atoms with E-state index in [-0.39, 0.29) is 5.82 Å². The fraction of sp³-hybridized carbons (Fsp3) is 0.500. The summed E-state index contributed by atoms with van der Waals surface area (Å²) < 4.78 is 13.0. The molecule has 0 aromatic heterocycles. The van der Waals surface area contributed by atoms with E-state index in [0.717, 1.165) is 18.0 Å². The van der Waals surface area contributed by atoms with E-state index in [9.17, 15) is 4.39 Å². The van der Waals surface area contributed by atoms with Crippen LogP contribution in [0.5, 0.6) is 0 Å². The van der Waals surface area contributed by atoms with Crippen molar-refractivity contribution in [2.75, 3.05) is 18.1 Å². The van der Waals surface area contributed by atoms with E-state index in [0.29, 0.717) is 11.6 Å². The molecule has 1 aromatic rings. The number of hydrogen-bond donors (Lipinski definition) is 1. The van der Waals surface area contributed by atoms with E-state index in [2.05, 4.69) is 5.32 Å². The lowest BCUT2D eigenvalue weighted by Gasteiger charge is -2.10. The molecule has 2 rings (SSSR count). The number of nitrogens with one attached hydrogen (secondary N) is 1. The fourth-order valence-electron chi connectivity index (χ4n) is 1.88. The van der Waals surface area contributed by atoms with Gasteiger partial charge in [0.1, 0.15) is 5.82 Å². The van der Waals surface area contributed by atoms with Crippen LogP contribution in [0.3, 0.4) is 0 Å². The van der Waals surface area contributed by atoms with Gasteiger partial charge < -0.3 is 5.32 Å². The SMILES string of the molecule is Fc1cc(Cl)cc(CNCC2CCSC2)c1. The zero-order valence-corrected chi connectivity index (χ0v) is 10.6. The third-order valence-corrected chi connectivity index (χ3v) is 4.16. The predicted molar refractivity (Wildman–Crippen MR) is 68.5 cm³/mol. The van der Waals surface area contributed by atoms with Crippen LogP contribution >= 0.6 is 23.4 Å². The van der Waals surface area contributed by atoms with Crippen molar-refractivity contribution in [2.24, 2.45) is 5.92 Å². The minimum atomic E-state index is -0.263. The summed E-state index contributed by atoms with van der Waals surface area (Å²) >= 11 is 7.80. The van der Waals surface area contributed by atoms with Crippen molar-refractivity contribution in [3.8, 4) is 0 Å². The van der Waals surface area contributed by atoms with Gasteiger partial charge >= 0.3 is 0 Å². The Morgan fingerprint density at radius 1 is 1.44 bits per heavy atom. The summed E-state index contributed by atoms with van der Waals surface area (Å²) in [6.45, 7) is 1.71. The average molecular weight is 260 g/mol. The predicted octanol–water partition coefficient (Wildman–Crippen LogP) is 3.32. The first-order valence-corrected chi connectivity index (χ1v) is 7.01. The summed E-state index contributed by atoms with van der Waals surface area (Å²) in [5, 5.41) is 3.83. The molecule has 0 amide bonds. The van der Waals surface area contributed by atoms with Crippen molar-refractivity contribution in [1.29, 1.82) is 0 Å². The van der Waals surface area contributed by atoms with Crippen LogP contribution in [-0.2, 0) is 6.54 Å². The Labute approximate surface area is 105 Å². The van der Waals surface area contributed by atoms with Gasteiger partial charge in [-0.25, -0.2) is 4.39 Å². The quantitative estimate of drug-likeness (QED) is 0.890. The highest BCUT2D eigenvalue weighted by Gasteiger charge is 2.14. The topological polar surface area (TPSA) is 12.0 Å². The second kappa shape index (κ2) is 5.89. The molecule has 1 N–H and O–H groups in total. The van der Waals surface area contributed by atoms with Crippen LogP contribution in [-0.4, -0.2) is 18.1 Å². The lowest BCUT2D eigenvalue weighted by molar-refractivity contribution is 0.522. The maximum Gasteiger partial charge on any atom is 0.125 e. The number of benzene rings is 1. The summed E-state index contributed by atoms with van der Waals surface area (Å²) in [6, 6.07) is 4.67. The molecule has 0 aliphatic carbocycles. The van der Waals surface area contributed by atoms with Crippen molar-refractivity contribution in [3.63, 3.8) is 0 Å². The molecule has 1 nitrogen and oxygen atoms in total. The Morgan fingerprint density at radius 2 is 2.31 bits per heavy atom. The molecule has 1 aliphatic rings. The number of halogens is 2. The summed E-state index contributed by atoms with van der Waals surface area (Å²) in [5.41, 5.74) is 0.913. The minimum absolute atomic E-state index is 0.263. The van der Waals surface area contributed by atoms with E-state index in [4.69, 9.17) is 11.6 Å². The molecule has 1 unspecified atom stereocenters. The zero-order chi connectivity index (χ0) is 11.4. The number of rotatable bonds is 4. The van der Waals surface area contributed by atoms with Crippen molar-refractivity contribution < 1.29 is 4.39 Å². The van der Waals surface area contributed by atoms with Gasteiger partial charge in [-0.05, 0) is 54.2 Å². The van der Waals surface area contributed by atoms with Gasteiger partial charge in [0.05, 0.1) is 0 Å². The first kappa shape index (κ1) is 12.2. The van der Waals surface area contributed by atoms with Gasteiger partial charge in [-0.1, -0.05) is 11.6 Å². The molecule has 1 fully saturated rings. The average Bonchev–Trinajstić information content (AvgIpc) is 2.69. The van der Waals surface area contributed by atoms with Gasteiger partial charge in [0, 0.05) is 11.6 Å². The molecule has 1 atom stereocenters. The molecule has 16 heavy (non-hydrogen) atoms. The molecule has 0 radical (unpaired) electrons. The summed E-state index contributed by atoms with van der Waals surface area (Å²) in [7, 11) is 0. The minimum Gasteiger partial charge on any atom is -0.312 e. The molecular weight excluding hydrogens is 245 g/mol. The molecule has 1 saturated heterocycles. The maximum absolute atomic E-state index is 13.0. The van der Waals surface area contributed by atoms with Crippen molar-refractivity contribution in [1.82, 2.24) is 5.32 Å². The Kier molecular flexibility index (Phi) is 4.50. The summed E-state index contributed by atoms with van der Waals surface area (Å²) in [5.74, 6) is 3.03. The largest absolute Gasteiger partial charge is 0.312 e. The number of hydrogen-bond acceptors (Lipinski definition) is 2. The van der Waals surface area contributed by atoms with Crippen LogP contribution in [0.4, 0.5) is 4.39 Å². The van der Waals surface area contributed by atoms with E-state index in [1.165, 1.54) is 30.1 Å². The van der Waals surface area contributed by atoms with Crippen molar-refractivity contribution >= 4 is 23.4 Å². The first-order valence-electron chi connectivity index (χ1n) is 5.47. The highest BCUT2D eigenvalue weighted by atomic mass is 35.5. The van der Waals surface area contributed by atoms with Crippen LogP contribution in [0.15, 0.2) is 18.2 Å². The van der Waals surface area contributed by atoms with Gasteiger partial charge in [-0.3, -0.25) is 0 Å². The molecule has 0 spiro atoms. The van der Waals surface area contributed by atoms with Gasteiger partial charge in [0.2, 0.25) is 0 Å². The van der Waals surface area contributed by atoms with Gasteiger partial charge in [-0.2, -0.15) is 11.8 Å². The van der Waals surface area contributed by atoms with Gasteiger partial charge in [-0.15, -0.1) is 0 Å². The second-order valence-electron chi connectivity index (χ2n) is 4.14. The molecular formula is C12H15ClFNS. The Balaban J connectivity index is 1.80. The van der Waals surface area contributed by atoms with Crippen LogP contribution in [0, 0.1) is 11.7 Å². The maximum atomic E-state index is 13.0. The third kappa shape index (κ3) is 3.65. The van der Waals surface area contributed by atoms with E-state index in [1.54, 1.807) is 6.07 Å². The molecule has 1 heterocycles. The van der Waals surface area contributed by atoms with Crippen LogP contribution in [0.2, 0.25) is 5.02 Å². The lowest BCUT2D eigenvalue weighted by atomic mass is 10.1. The molecule has 1 aromatic carbocycles. The van der Waals surface area contributed by atoms with E-state index < -0.39 is 0 Å². The molecule has 0 bridgehead atoms. The smallest absolute Gasteiger partial charge is 0.125 e. The normalized spacial score (nSPS) is 20.2. The highest BCUT2D eigenvalue weighted by molar-refractivity contribution is 7.99. The van der Waals surface area contributed by atoms with E-state index >= 15 is 0 Å². The van der Waals surface area contributed by atoms with Crippen molar-refractivity contribution in [2.45, 2.75) is 13.0 Å². The van der Waals surface area contributed by atoms with Crippen LogP contribution in [0.25, 0.3) is 0 Å². The standard InChI is InChI=1S/C12H15ClFNS/c13-11-3-10(4-12(14)5-11)7-15-6-9-1-2-16-8-9/h3-5,9,15H,1-2,6-8H2. The summed E-state index contributed by atoms with van der Waals surface area (Å²) in [6.07, 6.45) is 1.29. The van der Waals surface area contributed by atoms with Crippen LogP contribution in [0.1, 0.15) is 12.0 Å². The van der Waals surface area contributed by atoms with Crippen molar-refractivity contribution in [3.05, 3.63) is 34.6 Å². The lowest BCUT2D eigenvalue weighted by Crippen LogP contribution is -2.22. The van der Waals surface area contributed by atoms with E-state index in [1.807, 2.05) is 11.8 Å². The molecule has 88 valence electrons. The zero-order valence-electron chi connectivity index (χ0n) is 9.01. The Bertz CT molecular complexity index is 333. The second-order valence-corrected chi connectivity index (χ2v) is 5.72. The summed E-state index contributed by atoms with van der Waals surface area (Å²) in [4.78, 5) is 0. The third-order valence-electron chi connectivity index (χ3n) is 2.71. The van der Waals surface area contributed by atoms with Crippen LogP contribution < -0.4 is 5.32 Å². The first-order chi connectivity index (χ1) is 7.74. The monoisotopic (exact) mass is 259 g/mol. The Morgan fingerprint density at radius 3 is 3.00 bits per heavy atom. The molecule has 0 saturated carbocycles. The highest BCUT2D eigenvalue weighted by Crippen LogP contribution is 2.22. The van der Waals surface area contributed by atoms with Gasteiger partial charge in [0.15, 0.2) is 0 Å². The molecule has 4 heteroatoms.